The van der Waals surface area contributed by atoms with Crippen molar-refractivity contribution in [3.63, 3.8) is 0 Å². The van der Waals surface area contributed by atoms with E-state index in [4.69, 9.17) is 4.74 Å². The topological polar surface area (TPSA) is 29.5 Å². The van der Waals surface area contributed by atoms with Crippen LogP contribution in [0.3, 0.4) is 0 Å². The monoisotopic (exact) mass is 323 g/mol. The van der Waals surface area contributed by atoms with Gasteiger partial charge in [-0.25, -0.2) is 0 Å². The Labute approximate surface area is 144 Å². The smallest absolute Gasteiger partial charge is 0.262 e. The minimum absolute atomic E-state index is 0.0316. The van der Waals surface area contributed by atoms with Gasteiger partial charge in [-0.15, -0.1) is 0 Å². The first-order valence-electron chi connectivity index (χ1n) is 8.93. The number of rotatable bonds is 7. The second-order valence-corrected chi connectivity index (χ2v) is 6.24. The molecule has 0 spiro atoms. The summed E-state index contributed by atoms with van der Waals surface area (Å²) >= 11 is 0. The van der Waals surface area contributed by atoms with Gasteiger partial charge in [0.25, 0.3) is 5.91 Å². The Morgan fingerprint density at radius 2 is 1.83 bits per heavy atom. The van der Waals surface area contributed by atoms with Crippen LogP contribution < -0.4 is 9.64 Å². The molecule has 3 rings (SSSR count). The van der Waals surface area contributed by atoms with Crippen molar-refractivity contribution in [1.29, 1.82) is 0 Å². The van der Waals surface area contributed by atoms with Crippen molar-refractivity contribution >= 4 is 11.6 Å². The van der Waals surface area contributed by atoms with Crippen molar-refractivity contribution in [2.24, 2.45) is 0 Å². The summed E-state index contributed by atoms with van der Waals surface area (Å²) in [4.78, 5) is 14.9. The summed E-state index contributed by atoms with van der Waals surface area (Å²) in [6.45, 7) is 3.60. The summed E-state index contributed by atoms with van der Waals surface area (Å²) < 4.78 is 5.90. The lowest BCUT2D eigenvalue weighted by Crippen LogP contribution is -2.29. The maximum absolute atomic E-state index is 13.0. The number of nitrogens with zero attached hydrogens (tertiary/aromatic N) is 1. The zero-order chi connectivity index (χ0) is 16.8. The average Bonchev–Trinajstić information content (AvgIpc) is 3.05. The third-order valence-corrected chi connectivity index (χ3v) is 4.51. The van der Waals surface area contributed by atoms with E-state index < -0.39 is 0 Å². The van der Waals surface area contributed by atoms with Crippen LogP contribution in [0.1, 0.15) is 48.5 Å². The normalized spacial score (nSPS) is 13.0. The standard InChI is InChI=1S/C21H25NO2/c1-2-3-4-9-16-24-20-13-8-6-11-18(20)21(23)22-15-14-17-10-5-7-12-19(17)22/h5-8,10-13H,2-4,9,14-16H2,1H3. The molecule has 0 saturated carbocycles. The highest BCUT2D eigenvalue weighted by atomic mass is 16.5. The van der Waals surface area contributed by atoms with Crippen molar-refractivity contribution in [2.45, 2.75) is 39.0 Å². The first kappa shape index (κ1) is 16.6. The van der Waals surface area contributed by atoms with Gasteiger partial charge in [0.2, 0.25) is 0 Å². The highest BCUT2D eigenvalue weighted by molar-refractivity contribution is 6.08. The van der Waals surface area contributed by atoms with Gasteiger partial charge in [-0.3, -0.25) is 4.79 Å². The fourth-order valence-electron chi connectivity index (χ4n) is 3.17. The Morgan fingerprint density at radius 1 is 1.04 bits per heavy atom. The first-order valence-corrected chi connectivity index (χ1v) is 8.93. The predicted octanol–water partition coefficient (Wildman–Crippen LogP) is 4.85. The molecule has 24 heavy (non-hydrogen) atoms. The van der Waals surface area contributed by atoms with E-state index >= 15 is 0 Å². The second kappa shape index (κ2) is 8.00. The Hall–Kier alpha value is -2.29. The number of carbonyl (C=O) groups is 1. The van der Waals surface area contributed by atoms with Crippen molar-refractivity contribution in [3.8, 4) is 5.75 Å². The molecule has 1 aliphatic heterocycles. The lowest BCUT2D eigenvalue weighted by atomic mass is 10.1. The zero-order valence-corrected chi connectivity index (χ0v) is 14.3. The summed E-state index contributed by atoms with van der Waals surface area (Å²) in [6.07, 6.45) is 5.56. The molecule has 0 fully saturated rings. The Bertz CT molecular complexity index is 696. The van der Waals surface area contributed by atoms with E-state index in [-0.39, 0.29) is 5.91 Å². The molecule has 0 bridgehead atoms. The first-order chi connectivity index (χ1) is 11.8. The lowest BCUT2D eigenvalue weighted by Gasteiger charge is -2.19. The van der Waals surface area contributed by atoms with Gasteiger partial charge in [-0.05, 0) is 36.6 Å². The molecule has 0 aromatic heterocycles. The second-order valence-electron chi connectivity index (χ2n) is 6.24. The van der Waals surface area contributed by atoms with Crippen molar-refractivity contribution in [3.05, 3.63) is 59.7 Å². The van der Waals surface area contributed by atoms with Crippen LogP contribution >= 0.6 is 0 Å². The van der Waals surface area contributed by atoms with Crippen LogP contribution in [0.5, 0.6) is 5.75 Å². The van der Waals surface area contributed by atoms with Gasteiger partial charge in [0.05, 0.1) is 12.2 Å². The van der Waals surface area contributed by atoms with E-state index in [1.165, 1.54) is 24.8 Å². The molecule has 0 saturated heterocycles. The third-order valence-electron chi connectivity index (χ3n) is 4.51. The molecule has 3 nitrogen and oxygen atoms in total. The van der Waals surface area contributed by atoms with E-state index in [0.717, 1.165) is 25.1 Å². The molecule has 2 aromatic rings. The van der Waals surface area contributed by atoms with Gasteiger partial charge in [0, 0.05) is 12.2 Å². The predicted molar refractivity (Wildman–Crippen MR) is 97.9 cm³/mol. The molecule has 2 aromatic carbocycles. The van der Waals surface area contributed by atoms with Crippen molar-refractivity contribution in [1.82, 2.24) is 0 Å². The van der Waals surface area contributed by atoms with Gasteiger partial charge < -0.3 is 9.64 Å². The van der Waals surface area contributed by atoms with Crippen LogP contribution in [-0.4, -0.2) is 19.1 Å². The molecule has 126 valence electrons. The number of hydrogen-bond donors (Lipinski definition) is 0. The van der Waals surface area contributed by atoms with E-state index in [1.807, 2.05) is 47.4 Å². The molecule has 0 unspecified atom stereocenters. The lowest BCUT2D eigenvalue weighted by molar-refractivity contribution is 0.0985. The fourth-order valence-corrected chi connectivity index (χ4v) is 3.17. The van der Waals surface area contributed by atoms with E-state index in [9.17, 15) is 4.79 Å². The van der Waals surface area contributed by atoms with Gasteiger partial charge in [0.1, 0.15) is 5.75 Å². The van der Waals surface area contributed by atoms with Crippen LogP contribution in [0.25, 0.3) is 0 Å². The van der Waals surface area contributed by atoms with Crippen molar-refractivity contribution < 1.29 is 9.53 Å². The van der Waals surface area contributed by atoms with Gasteiger partial charge >= 0.3 is 0 Å². The highest BCUT2D eigenvalue weighted by Gasteiger charge is 2.26. The molecule has 1 aliphatic rings. The maximum Gasteiger partial charge on any atom is 0.262 e. The quantitative estimate of drug-likeness (QED) is 0.682. The van der Waals surface area contributed by atoms with Gasteiger partial charge in [0.15, 0.2) is 0 Å². The number of ether oxygens (including phenoxy) is 1. The molecule has 0 atom stereocenters. The molecule has 0 radical (unpaired) electrons. The molecular formula is C21H25NO2. The van der Waals surface area contributed by atoms with Crippen LogP contribution in [0, 0.1) is 0 Å². The summed E-state index contributed by atoms with van der Waals surface area (Å²) in [5, 5.41) is 0. The largest absolute Gasteiger partial charge is 0.493 e. The van der Waals surface area contributed by atoms with Crippen molar-refractivity contribution in [2.75, 3.05) is 18.1 Å². The number of fused-ring (bicyclic) bond motifs is 1. The molecule has 0 N–H and O–H groups in total. The molecule has 1 amide bonds. The zero-order valence-electron chi connectivity index (χ0n) is 14.3. The minimum Gasteiger partial charge on any atom is -0.493 e. The number of carbonyl (C=O) groups excluding carboxylic acids is 1. The number of amides is 1. The van der Waals surface area contributed by atoms with E-state index in [1.54, 1.807) is 0 Å². The Balaban J connectivity index is 1.72. The van der Waals surface area contributed by atoms with Crippen LogP contribution in [0.2, 0.25) is 0 Å². The van der Waals surface area contributed by atoms with E-state index in [0.29, 0.717) is 17.9 Å². The average molecular weight is 323 g/mol. The summed E-state index contributed by atoms with van der Waals surface area (Å²) in [5.74, 6) is 0.729. The maximum atomic E-state index is 13.0. The number of para-hydroxylation sites is 2. The Morgan fingerprint density at radius 3 is 2.71 bits per heavy atom. The summed E-state index contributed by atoms with van der Waals surface area (Å²) in [7, 11) is 0. The number of anilines is 1. The summed E-state index contributed by atoms with van der Waals surface area (Å²) in [5.41, 5.74) is 2.92. The third kappa shape index (κ3) is 3.61. The van der Waals surface area contributed by atoms with E-state index in [2.05, 4.69) is 13.0 Å². The van der Waals surface area contributed by atoms with Crippen LogP contribution in [0.4, 0.5) is 5.69 Å². The van der Waals surface area contributed by atoms with Gasteiger partial charge in [-0.1, -0.05) is 56.5 Å². The SMILES string of the molecule is CCCCCCOc1ccccc1C(=O)N1CCc2ccccc21. The Kier molecular flexibility index (Phi) is 5.52. The van der Waals surface area contributed by atoms with Gasteiger partial charge in [-0.2, -0.15) is 0 Å². The molecule has 3 heteroatoms. The number of unbranched alkanes of at least 4 members (excludes halogenated alkanes) is 3. The van der Waals surface area contributed by atoms with Crippen LogP contribution in [-0.2, 0) is 6.42 Å². The molecule has 1 heterocycles. The fraction of sp³-hybridized carbons (Fsp3) is 0.381. The summed E-state index contributed by atoms with van der Waals surface area (Å²) in [6, 6.07) is 15.7. The highest BCUT2D eigenvalue weighted by Crippen LogP contribution is 2.30. The van der Waals surface area contributed by atoms with Crippen LogP contribution in [0.15, 0.2) is 48.5 Å². The molecule has 0 aliphatic carbocycles. The molecular weight excluding hydrogens is 298 g/mol. The number of benzene rings is 2. The number of hydrogen-bond acceptors (Lipinski definition) is 2. The minimum atomic E-state index is 0.0316.